The molecule has 1 saturated carbocycles. The maximum absolute atomic E-state index is 13.0. The molecule has 0 aromatic carbocycles. The highest BCUT2D eigenvalue weighted by atomic mass is 32.1. The first-order valence-electron chi connectivity index (χ1n) is 11.9. The fourth-order valence-electron chi connectivity index (χ4n) is 4.53. The summed E-state index contributed by atoms with van der Waals surface area (Å²) >= 11 is 1.40. The maximum Gasteiger partial charge on any atom is 0.278 e. The standard InChI is InChI=1S/C25H32F2N4O2S/c1-25(26,27)17-33-24-30-21-16-31(14-11-22(21)34-24)13-10-18-4-7-20(8-5-18)29-23(32)9-6-19-3-2-12-28-15-19/h2-3,6,9,12,15,18,20H,4-5,7-8,10-11,13-14,16-17H2,1H3,(H,29,32)/b9-6+/t18-,20-. The summed E-state index contributed by atoms with van der Waals surface area (Å²) in [7, 11) is 0. The molecular formula is C25H32F2N4O2S. The summed E-state index contributed by atoms with van der Waals surface area (Å²) in [4.78, 5) is 24.3. The van der Waals surface area contributed by atoms with Crippen LogP contribution in [0.4, 0.5) is 8.78 Å². The lowest BCUT2D eigenvalue weighted by atomic mass is 9.84. The number of hydrogen-bond donors (Lipinski definition) is 1. The summed E-state index contributed by atoms with van der Waals surface area (Å²) in [5.41, 5.74) is 1.88. The molecule has 4 rings (SSSR count). The molecule has 1 fully saturated rings. The number of thiazole rings is 1. The van der Waals surface area contributed by atoms with Gasteiger partial charge in [-0.25, -0.2) is 13.8 Å². The second-order valence-electron chi connectivity index (χ2n) is 9.37. The third kappa shape index (κ3) is 7.56. The van der Waals surface area contributed by atoms with E-state index < -0.39 is 12.5 Å². The molecule has 34 heavy (non-hydrogen) atoms. The van der Waals surface area contributed by atoms with Crippen molar-refractivity contribution in [2.24, 2.45) is 5.92 Å². The van der Waals surface area contributed by atoms with E-state index in [1.807, 2.05) is 12.1 Å². The van der Waals surface area contributed by atoms with Gasteiger partial charge in [0.25, 0.3) is 11.1 Å². The van der Waals surface area contributed by atoms with Crippen LogP contribution in [0.2, 0.25) is 0 Å². The van der Waals surface area contributed by atoms with Crippen LogP contribution >= 0.6 is 11.3 Å². The van der Waals surface area contributed by atoms with E-state index >= 15 is 0 Å². The van der Waals surface area contributed by atoms with Crippen LogP contribution in [0, 0.1) is 5.92 Å². The van der Waals surface area contributed by atoms with Crippen LogP contribution < -0.4 is 10.1 Å². The zero-order chi connectivity index (χ0) is 24.0. The smallest absolute Gasteiger partial charge is 0.278 e. The van der Waals surface area contributed by atoms with Crippen molar-refractivity contribution in [3.63, 3.8) is 0 Å². The normalized spacial score (nSPS) is 21.4. The number of carbonyl (C=O) groups is 1. The SMILES string of the molecule is CC(F)(F)COc1nc2c(s1)CCN(CC[C@H]1CC[C@H](NC(=O)/C=C/c3cccnc3)CC1)C2. The zero-order valence-electron chi connectivity index (χ0n) is 19.5. The summed E-state index contributed by atoms with van der Waals surface area (Å²) in [6.07, 6.45) is 13.1. The summed E-state index contributed by atoms with van der Waals surface area (Å²) in [5, 5.41) is 3.48. The van der Waals surface area contributed by atoms with E-state index in [4.69, 9.17) is 4.74 Å². The monoisotopic (exact) mass is 490 g/mol. The molecule has 9 heteroatoms. The Balaban J connectivity index is 1.15. The molecule has 1 aliphatic carbocycles. The molecule has 0 atom stereocenters. The molecule has 1 aliphatic heterocycles. The predicted octanol–water partition coefficient (Wildman–Crippen LogP) is 4.71. The highest BCUT2D eigenvalue weighted by Crippen LogP contribution is 2.32. The number of alkyl halides is 2. The van der Waals surface area contributed by atoms with E-state index in [2.05, 4.69) is 20.2 Å². The molecular weight excluding hydrogens is 458 g/mol. The first-order chi connectivity index (χ1) is 16.3. The van der Waals surface area contributed by atoms with Gasteiger partial charge in [-0.05, 0) is 68.7 Å². The van der Waals surface area contributed by atoms with E-state index in [1.165, 1.54) is 11.3 Å². The van der Waals surface area contributed by atoms with E-state index in [0.29, 0.717) is 11.1 Å². The lowest BCUT2D eigenvalue weighted by Crippen LogP contribution is -2.37. The molecule has 0 saturated heterocycles. The topological polar surface area (TPSA) is 67.3 Å². The highest BCUT2D eigenvalue weighted by Gasteiger charge is 2.27. The molecule has 2 aromatic rings. The van der Waals surface area contributed by atoms with Gasteiger partial charge in [-0.3, -0.25) is 14.7 Å². The van der Waals surface area contributed by atoms with Gasteiger partial charge in [-0.15, -0.1) is 0 Å². The third-order valence-corrected chi connectivity index (χ3v) is 7.46. The summed E-state index contributed by atoms with van der Waals surface area (Å²) < 4.78 is 31.3. The minimum atomic E-state index is -2.85. The fraction of sp³-hybridized carbons (Fsp3) is 0.560. The molecule has 1 amide bonds. The number of nitrogens with zero attached hydrogens (tertiary/aromatic N) is 3. The highest BCUT2D eigenvalue weighted by molar-refractivity contribution is 7.13. The number of aromatic nitrogens is 2. The molecule has 2 aromatic heterocycles. The van der Waals surface area contributed by atoms with Crippen LogP contribution in [0.3, 0.4) is 0 Å². The van der Waals surface area contributed by atoms with Crippen molar-refractivity contribution < 1.29 is 18.3 Å². The number of ether oxygens (including phenoxy) is 1. The Labute approximate surface area is 203 Å². The van der Waals surface area contributed by atoms with E-state index in [9.17, 15) is 13.6 Å². The Morgan fingerprint density at radius 1 is 1.35 bits per heavy atom. The van der Waals surface area contributed by atoms with Gasteiger partial charge >= 0.3 is 0 Å². The van der Waals surface area contributed by atoms with E-state index in [1.54, 1.807) is 24.5 Å². The molecule has 3 heterocycles. The fourth-order valence-corrected chi connectivity index (χ4v) is 5.43. The lowest BCUT2D eigenvalue weighted by Gasteiger charge is -2.31. The second kappa shape index (κ2) is 11.4. The van der Waals surface area contributed by atoms with Gasteiger partial charge in [-0.1, -0.05) is 17.4 Å². The summed E-state index contributed by atoms with van der Waals surface area (Å²) in [5.74, 6) is -2.23. The van der Waals surface area contributed by atoms with Crippen molar-refractivity contribution in [2.75, 3.05) is 19.7 Å². The molecule has 0 radical (unpaired) electrons. The van der Waals surface area contributed by atoms with E-state index in [-0.39, 0.29) is 11.9 Å². The number of hydrogen-bond acceptors (Lipinski definition) is 6. The van der Waals surface area contributed by atoms with Crippen molar-refractivity contribution in [1.29, 1.82) is 0 Å². The first-order valence-corrected chi connectivity index (χ1v) is 12.8. The predicted molar refractivity (Wildman–Crippen MR) is 129 cm³/mol. The Bertz CT molecular complexity index is 969. The molecule has 0 bridgehead atoms. The molecule has 0 spiro atoms. The Kier molecular flexibility index (Phi) is 8.26. The van der Waals surface area contributed by atoms with Crippen LogP contribution in [0.15, 0.2) is 30.6 Å². The van der Waals surface area contributed by atoms with Crippen LogP contribution in [0.5, 0.6) is 5.19 Å². The molecule has 1 N–H and O–H groups in total. The number of rotatable bonds is 9. The zero-order valence-corrected chi connectivity index (χ0v) is 20.3. The number of fused-ring (bicyclic) bond motifs is 1. The van der Waals surface area contributed by atoms with Gasteiger partial charge in [0.05, 0.1) is 5.69 Å². The van der Waals surface area contributed by atoms with Crippen molar-refractivity contribution >= 4 is 23.3 Å². The average molecular weight is 491 g/mol. The number of halogens is 2. The Morgan fingerprint density at radius 2 is 2.18 bits per heavy atom. The van der Waals surface area contributed by atoms with Gasteiger partial charge < -0.3 is 10.1 Å². The van der Waals surface area contributed by atoms with Crippen molar-refractivity contribution in [3.8, 4) is 5.19 Å². The van der Waals surface area contributed by atoms with Crippen molar-refractivity contribution in [3.05, 3.63) is 46.7 Å². The van der Waals surface area contributed by atoms with Gasteiger partial charge in [0, 0.05) is 49.4 Å². The number of pyridine rings is 1. The second-order valence-corrected chi connectivity index (χ2v) is 10.4. The maximum atomic E-state index is 13.0. The van der Waals surface area contributed by atoms with Gasteiger partial charge in [0.1, 0.15) is 0 Å². The van der Waals surface area contributed by atoms with Gasteiger partial charge in [0.2, 0.25) is 5.91 Å². The van der Waals surface area contributed by atoms with Crippen LogP contribution in [0.25, 0.3) is 6.08 Å². The summed E-state index contributed by atoms with van der Waals surface area (Å²) in [6.45, 7) is 2.95. The molecule has 184 valence electrons. The minimum Gasteiger partial charge on any atom is -0.464 e. The Hall–Kier alpha value is -2.39. The van der Waals surface area contributed by atoms with Gasteiger partial charge in [-0.2, -0.15) is 0 Å². The largest absolute Gasteiger partial charge is 0.464 e. The lowest BCUT2D eigenvalue weighted by molar-refractivity contribution is -0.117. The third-order valence-electron chi connectivity index (χ3n) is 6.39. The number of nitrogens with one attached hydrogen (secondary N) is 1. The van der Waals surface area contributed by atoms with Crippen LogP contribution in [-0.2, 0) is 17.8 Å². The Morgan fingerprint density at radius 3 is 2.91 bits per heavy atom. The average Bonchev–Trinajstić information content (AvgIpc) is 3.24. The summed E-state index contributed by atoms with van der Waals surface area (Å²) in [6, 6.07) is 4.00. The number of amides is 1. The van der Waals surface area contributed by atoms with Gasteiger partial charge in [0.15, 0.2) is 6.61 Å². The molecule has 6 nitrogen and oxygen atoms in total. The first kappa shape index (κ1) is 24.7. The quantitative estimate of drug-likeness (QED) is 0.516. The van der Waals surface area contributed by atoms with Crippen molar-refractivity contribution in [2.45, 2.75) is 64.0 Å². The van der Waals surface area contributed by atoms with Crippen LogP contribution in [-0.4, -0.2) is 52.4 Å². The molecule has 2 aliphatic rings. The van der Waals surface area contributed by atoms with Crippen LogP contribution in [0.1, 0.15) is 55.2 Å². The number of carbonyl (C=O) groups excluding carboxylic acids is 1. The van der Waals surface area contributed by atoms with Crippen molar-refractivity contribution in [1.82, 2.24) is 20.2 Å². The molecule has 0 unspecified atom stereocenters. The van der Waals surface area contributed by atoms with E-state index in [0.717, 1.165) is 81.2 Å². The minimum absolute atomic E-state index is 0.0503.